The summed E-state index contributed by atoms with van der Waals surface area (Å²) in [5.74, 6) is 2.73. The average molecular weight is 283 g/mol. The quantitative estimate of drug-likeness (QED) is 0.454. The van der Waals surface area contributed by atoms with Crippen LogP contribution >= 0.6 is 0 Å². The van der Waals surface area contributed by atoms with Crippen molar-refractivity contribution in [2.45, 2.75) is 97.3 Å². The van der Waals surface area contributed by atoms with Crippen LogP contribution in [0.1, 0.15) is 73.6 Å². The molecule has 114 valence electrons. The van der Waals surface area contributed by atoms with Gasteiger partial charge in [-0.25, -0.2) is 0 Å². The second-order valence-corrected chi connectivity index (χ2v) is 13.3. The van der Waals surface area contributed by atoms with Crippen molar-refractivity contribution in [1.82, 2.24) is 0 Å². The largest absolute Gasteiger partial charge is 0.0630 e. The molecule has 1 aliphatic carbocycles. The van der Waals surface area contributed by atoms with Crippen LogP contribution in [0.25, 0.3) is 0 Å². The first-order valence-electron chi connectivity index (χ1n) is 8.85. The molecule has 1 saturated carbocycles. The van der Waals surface area contributed by atoms with Crippen LogP contribution in [0.4, 0.5) is 0 Å². The molecule has 0 heterocycles. The third-order valence-corrected chi connectivity index (χ3v) is 12.1. The average Bonchev–Trinajstić information content (AvgIpc) is 2.27. The Bertz CT molecular complexity index is 210. The van der Waals surface area contributed by atoms with Crippen LogP contribution in [0.5, 0.6) is 0 Å². The minimum absolute atomic E-state index is 0.908. The van der Waals surface area contributed by atoms with E-state index >= 15 is 0 Å². The van der Waals surface area contributed by atoms with E-state index < -0.39 is 8.07 Å². The Morgan fingerprint density at radius 3 is 1.37 bits per heavy atom. The molecule has 0 atom stereocenters. The lowest BCUT2D eigenvalue weighted by molar-refractivity contribution is 0.473. The third-order valence-electron chi connectivity index (χ3n) is 4.92. The maximum Gasteiger partial charge on any atom is 0.0574 e. The predicted molar refractivity (Wildman–Crippen MR) is 91.5 cm³/mol. The van der Waals surface area contributed by atoms with Crippen LogP contribution in [0.2, 0.25) is 23.7 Å². The summed E-state index contributed by atoms with van der Waals surface area (Å²) in [7, 11) is -1.08. The molecule has 0 aliphatic heterocycles. The fraction of sp³-hybridized carbons (Fsp3) is 1.00. The molecule has 0 N–H and O–H groups in total. The van der Waals surface area contributed by atoms with Gasteiger partial charge in [0.2, 0.25) is 0 Å². The summed E-state index contributed by atoms with van der Waals surface area (Å²) in [6.45, 7) is 14.8. The van der Waals surface area contributed by atoms with Gasteiger partial charge in [0.15, 0.2) is 0 Å². The molecule has 0 amide bonds. The normalized spacial score (nSPS) is 18.8. The molecule has 1 rings (SSSR count). The first-order valence-corrected chi connectivity index (χ1v) is 11.6. The van der Waals surface area contributed by atoms with Crippen molar-refractivity contribution in [2.75, 3.05) is 0 Å². The lowest BCUT2D eigenvalue weighted by Gasteiger charge is -2.45. The van der Waals surface area contributed by atoms with E-state index in [0.717, 1.165) is 23.3 Å². The molecule has 19 heavy (non-hydrogen) atoms. The Hall–Kier alpha value is 0.217. The fourth-order valence-electron chi connectivity index (χ4n) is 4.90. The molecule has 1 fully saturated rings. The van der Waals surface area contributed by atoms with Crippen molar-refractivity contribution in [3.63, 3.8) is 0 Å². The zero-order chi connectivity index (χ0) is 14.5. The van der Waals surface area contributed by atoms with Gasteiger partial charge < -0.3 is 0 Å². The molecule has 0 saturated heterocycles. The Morgan fingerprint density at radius 2 is 1.05 bits per heavy atom. The Balaban J connectivity index is 2.92. The van der Waals surface area contributed by atoms with Gasteiger partial charge in [-0.15, -0.1) is 0 Å². The van der Waals surface area contributed by atoms with Gasteiger partial charge in [-0.2, -0.15) is 0 Å². The standard InChI is InChI=1S/C18H38Si/c1-15(2)12-19(13-16(3)4,14-17(5)6)18-10-8-7-9-11-18/h15-18H,7-14H2,1-6H3. The molecule has 0 radical (unpaired) electrons. The third kappa shape index (κ3) is 5.61. The highest BCUT2D eigenvalue weighted by Crippen LogP contribution is 2.47. The summed E-state index contributed by atoms with van der Waals surface area (Å²) < 4.78 is 0. The Labute approximate surface area is 123 Å². The van der Waals surface area contributed by atoms with Gasteiger partial charge in [0, 0.05) is 0 Å². The zero-order valence-corrected chi connectivity index (χ0v) is 15.5. The Morgan fingerprint density at radius 1 is 0.684 bits per heavy atom. The summed E-state index contributed by atoms with van der Waals surface area (Å²) in [5, 5.41) is 0. The minimum atomic E-state index is -1.08. The Kier molecular flexibility index (Phi) is 7.14. The monoisotopic (exact) mass is 282 g/mol. The van der Waals surface area contributed by atoms with E-state index in [-0.39, 0.29) is 0 Å². The van der Waals surface area contributed by atoms with Crippen molar-refractivity contribution in [1.29, 1.82) is 0 Å². The molecular formula is C18H38Si. The van der Waals surface area contributed by atoms with Crippen LogP contribution in [0.15, 0.2) is 0 Å². The van der Waals surface area contributed by atoms with Gasteiger partial charge in [-0.1, -0.05) is 91.8 Å². The topological polar surface area (TPSA) is 0 Å². The van der Waals surface area contributed by atoms with Crippen LogP contribution in [-0.2, 0) is 0 Å². The smallest absolute Gasteiger partial charge is 0.0574 e. The maximum absolute atomic E-state index is 2.46. The van der Waals surface area contributed by atoms with E-state index in [1.807, 2.05) is 0 Å². The van der Waals surface area contributed by atoms with Gasteiger partial charge in [0.05, 0.1) is 8.07 Å². The summed E-state index contributed by atoms with van der Waals surface area (Å²) >= 11 is 0. The first kappa shape index (κ1) is 17.3. The first-order chi connectivity index (χ1) is 8.85. The van der Waals surface area contributed by atoms with Gasteiger partial charge in [0.25, 0.3) is 0 Å². The van der Waals surface area contributed by atoms with Gasteiger partial charge >= 0.3 is 0 Å². The molecule has 1 heteroatoms. The van der Waals surface area contributed by atoms with Crippen molar-refractivity contribution >= 4 is 8.07 Å². The van der Waals surface area contributed by atoms with Gasteiger partial charge in [-0.3, -0.25) is 0 Å². The molecule has 0 aromatic carbocycles. The van der Waals surface area contributed by atoms with E-state index in [1.165, 1.54) is 19.3 Å². The minimum Gasteiger partial charge on any atom is -0.0630 e. The van der Waals surface area contributed by atoms with Crippen molar-refractivity contribution in [2.24, 2.45) is 17.8 Å². The summed E-state index contributed by atoms with van der Waals surface area (Å²) in [4.78, 5) is 0. The van der Waals surface area contributed by atoms with E-state index in [0.29, 0.717) is 0 Å². The highest BCUT2D eigenvalue weighted by Gasteiger charge is 2.42. The molecule has 1 aliphatic rings. The predicted octanol–water partition coefficient (Wildman–Crippen LogP) is 6.74. The second-order valence-electron chi connectivity index (χ2n) is 8.49. The number of hydrogen-bond donors (Lipinski definition) is 0. The molecule has 0 nitrogen and oxygen atoms in total. The van der Waals surface area contributed by atoms with E-state index in [9.17, 15) is 0 Å². The van der Waals surface area contributed by atoms with Crippen LogP contribution in [0, 0.1) is 17.8 Å². The molecule has 0 bridgehead atoms. The molecular weight excluding hydrogens is 244 g/mol. The zero-order valence-electron chi connectivity index (χ0n) is 14.5. The molecule has 0 unspecified atom stereocenters. The van der Waals surface area contributed by atoms with Gasteiger partial charge in [0.1, 0.15) is 0 Å². The SMILES string of the molecule is CC(C)C[Si](CC(C)C)(CC(C)C)C1CCCCC1. The number of hydrogen-bond acceptors (Lipinski definition) is 0. The second kappa shape index (κ2) is 7.86. The highest BCUT2D eigenvalue weighted by atomic mass is 28.3. The van der Waals surface area contributed by atoms with Crippen LogP contribution in [0.3, 0.4) is 0 Å². The summed E-state index contributed by atoms with van der Waals surface area (Å²) in [5.41, 5.74) is 1.15. The summed E-state index contributed by atoms with van der Waals surface area (Å²) in [6, 6.07) is 4.77. The maximum atomic E-state index is 2.46. The lowest BCUT2D eigenvalue weighted by atomic mass is 10.0. The summed E-state index contributed by atoms with van der Waals surface area (Å²) in [6.07, 6.45) is 7.68. The molecule has 0 spiro atoms. The van der Waals surface area contributed by atoms with Crippen molar-refractivity contribution in [3.8, 4) is 0 Å². The highest BCUT2D eigenvalue weighted by molar-refractivity contribution is 6.81. The van der Waals surface area contributed by atoms with E-state index in [4.69, 9.17) is 0 Å². The van der Waals surface area contributed by atoms with Crippen molar-refractivity contribution in [3.05, 3.63) is 0 Å². The van der Waals surface area contributed by atoms with Crippen molar-refractivity contribution < 1.29 is 0 Å². The number of rotatable bonds is 7. The lowest BCUT2D eigenvalue weighted by Crippen LogP contribution is -2.44. The molecule has 0 aromatic rings. The van der Waals surface area contributed by atoms with E-state index in [1.54, 1.807) is 31.0 Å². The van der Waals surface area contributed by atoms with Gasteiger partial charge in [-0.05, 0) is 23.3 Å². The van der Waals surface area contributed by atoms with E-state index in [2.05, 4.69) is 41.5 Å². The van der Waals surface area contributed by atoms with Crippen LogP contribution < -0.4 is 0 Å². The van der Waals surface area contributed by atoms with Crippen LogP contribution in [-0.4, -0.2) is 8.07 Å². The molecule has 0 aromatic heterocycles. The fourth-order valence-corrected chi connectivity index (χ4v) is 12.9.